The summed E-state index contributed by atoms with van der Waals surface area (Å²) < 4.78 is 7.78. The summed E-state index contributed by atoms with van der Waals surface area (Å²) in [5, 5.41) is 9.97. The Balaban J connectivity index is 1.64. The number of hydrogen-bond acceptors (Lipinski definition) is 4. The van der Waals surface area contributed by atoms with Crippen molar-refractivity contribution < 1.29 is 14.6 Å². The first-order chi connectivity index (χ1) is 13.4. The number of carbonyl (C=O) groups is 1. The summed E-state index contributed by atoms with van der Waals surface area (Å²) in [5.74, 6) is 0.733. The van der Waals surface area contributed by atoms with E-state index >= 15 is 0 Å². The zero-order valence-corrected chi connectivity index (χ0v) is 17.0. The standard InChI is InChI=1S/C21H20ClNO4S/c1-10(11-2-3-11)27-17-8-18-14(7-16(17)22)19-12(9-28-18)6-15(21(25)26)20(24)23(19)13-4-5-13/h6-8,10-11,13H,2-5,9H2,1H3,(H,25,26). The lowest BCUT2D eigenvalue weighted by atomic mass is 10.0. The molecule has 28 heavy (non-hydrogen) atoms. The molecular formula is C21H20ClNO4S. The number of pyridine rings is 1. The van der Waals surface area contributed by atoms with E-state index in [1.807, 2.05) is 12.1 Å². The van der Waals surface area contributed by atoms with Crippen LogP contribution in [-0.2, 0) is 5.75 Å². The number of aromatic nitrogens is 1. The van der Waals surface area contributed by atoms with Crippen molar-refractivity contribution in [1.82, 2.24) is 4.57 Å². The number of fused-ring (bicyclic) bond motifs is 3. The molecule has 1 atom stereocenters. The van der Waals surface area contributed by atoms with Gasteiger partial charge in [0, 0.05) is 22.3 Å². The van der Waals surface area contributed by atoms with Gasteiger partial charge in [0.25, 0.3) is 5.56 Å². The molecule has 3 aliphatic rings. The van der Waals surface area contributed by atoms with Gasteiger partial charge in [0.05, 0.1) is 16.8 Å². The summed E-state index contributed by atoms with van der Waals surface area (Å²) in [5.41, 5.74) is 2.00. The molecule has 1 unspecified atom stereocenters. The zero-order valence-electron chi connectivity index (χ0n) is 15.4. The van der Waals surface area contributed by atoms with Crippen molar-refractivity contribution in [3.05, 3.63) is 44.7 Å². The maximum atomic E-state index is 12.9. The Morgan fingerprint density at radius 3 is 2.68 bits per heavy atom. The topological polar surface area (TPSA) is 68.5 Å². The SMILES string of the molecule is CC(Oc1cc2c(cc1Cl)-c1c(cc(C(=O)O)c(=O)n1C1CC1)CS2)C1CC1. The van der Waals surface area contributed by atoms with Gasteiger partial charge in [-0.05, 0) is 62.3 Å². The smallest absolute Gasteiger partial charge is 0.341 e. The summed E-state index contributed by atoms with van der Waals surface area (Å²) in [6.45, 7) is 2.08. The summed E-state index contributed by atoms with van der Waals surface area (Å²) >= 11 is 8.18. The van der Waals surface area contributed by atoms with Crippen LogP contribution in [0, 0.1) is 5.92 Å². The summed E-state index contributed by atoms with van der Waals surface area (Å²) in [6, 6.07) is 5.44. The van der Waals surface area contributed by atoms with E-state index in [9.17, 15) is 14.7 Å². The molecule has 0 bridgehead atoms. The van der Waals surface area contributed by atoms with E-state index in [2.05, 4.69) is 6.92 Å². The number of halogens is 1. The van der Waals surface area contributed by atoms with Gasteiger partial charge in [-0.2, -0.15) is 0 Å². The predicted octanol–water partition coefficient (Wildman–Crippen LogP) is 4.98. The highest BCUT2D eigenvalue weighted by Gasteiger charge is 2.34. The van der Waals surface area contributed by atoms with Crippen LogP contribution in [0.4, 0.5) is 0 Å². The summed E-state index contributed by atoms with van der Waals surface area (Å²) in [6.07, 6.45) is 4.33. The fourth-order valence-corrected chi connectivity index (χ4v) is 5.13. The molecule has 2 saturated carbocycles. The van der Waals surface area contributed by atoms with Gasteiger partial charge in [-0.15, -0.1) is 11.8 Å². The number of rotatable bonds is 5. The average Bonchev–Trinajstić information content (AvgIpc) is 3.54. The van der Waals surface area contributed by atoms with Crippen molar-refractivity contribution in [2.45, 2.75) is 55.4 Å². The molecule has 1 aromatic carbocycles. The quantitative estimate of drug-likeness (QED) is 0.742. The second-order valence-electron chi connectivity index (χ2n) is 7.87. The van der Waals surface area contributed by atoms with Crippen LogP contribution in [0.15, 0.2) is 27.9 Å². The Hall–Kier alpha value is -1.92. The molecule has 0 saturated heterocycles. The van der Waals surface area contributed by atoms with E-state index in [4.69, 9.17) is 16.3 Å². The molecule has 0 amide bonds. The third kappa shape index (κ3) is 3.03. The molecule has 0 radical (unpaired) electrons. The van der Waals surface area contributed by atoms with Crippen LogP contribution in [0.3, 0.4) is 0 Å². The number of carboxylic acids is 1. The monoisotopic (exact) mass is 417 g/mol. The molecule has 5 nitrogen and oxygen atoms in total. The van der Waals surface area contributed by atoms with Gasteiger partial charge in [0.2, 0.25) is 0 Å². The normalized spacial score (nSPS) is 18.9. The largest absolute Gasteiger partial charge is 0.489 e. The summed E-state index contributed by atoms with van der Waals surface area (Å²) in [4.78, 5) is 25.4. The fraction of sp³-hybridized carbons (Fsp3) is 0.429. The minimum absolute atomic E-state index is 0.0705. The number of benzene rings is 1. The van der Waals surface area contributed by atoms with Gasteiger partial charge >= 0.3 is 5.97 Å². The van der Waals surface area contributed by atoms with Crippen LogP contribution < -0.4 is 10.3 Å². The van der Waals surface area contributed by atoms with Gasteiger partial charge in [-0.3, -0.25) is 4.79 Å². The lowest BCUT2D eigenvalue weighted by Crippen LogP contribution is -2.29. The van der Waals surface area contributed by atoms with Crippen LogP contribution in [0.1, 0.15) is 54.6 Å². The predicted molar refractivity (Wildman–Crippen MR) is 109 cm³/mol. The Labute approximate surface area is 171 Å². The van der Waals surface area contributed by atoms with E-state index in [1.165, 1.54) is 18.9 Å². The second kappa shape index (κ2) is 6.56. The molecule has 1 aromatic heterocycles. The number of nitrogens with zero attached hydrogens (tertiary/aromatic N) is 1. The minimum Gasteiger partial charge on any atom is -0.489 e. The number of ether oxygens (including phenoxy) is 1. The van der Waals surface area contributed by atoms with Gasteiger partial charge in [-0.25, -0.2) is 4.79 Å². The van der Waals surface area contributed by atoms with Crippen molar-refractivity contribution in [1.29, 1.82) is 0 Å². The highest BCUT2D eigenvalue weighted by molar-refractivity contribution is 7.98. The highest BCUT2D eigenvalue weighted by Crippen LogP contribution is 2.48. The minimum atomic E-state index is -1.17. The van der Waals surface area contributed by atoms with Crippen molar-refractivity contribution >= 4 is 29.3 Å². The van der Waals surface area contributed by atoms with E-state index < -0.39 is 11.5 Å². The highest BCUT2D eigenvalue weighted by atomic mass is 35.5. The molecule has 2 aromatic rings. The van der Waals surface area contributed by atoms with Crippen LogP contribution in [0.2, 0.25) is 5.02 Å². The fourth-order valence-electron chi connectivity index (χ4n) is 3.88. The van der Waals surface area contributed by atoms with Crippen molar-refractivity contribution in [3.63, 3.8) is 0 Å². The second-order valence-corrected chi connectivity index (χ2v) is 9.30. The molecule has 2 heterocycles. The number of carboxylic acid groups (broad SMARTS) is 1. The van der Waals surface area contributed by atoms with Gasteiger partial charge in [0.15, 0.2) is 0 Å². The number of hydrogen-bond donors (Lipinski definition) is 1. The first kappa shape index (κ1) is 18.1. The number of thioether (sulfide) groups is 1. The van der Waals surface area contributed by atoms with Crippen LogP contribution in [-0.4, -0.2) is 21.7 Å². The van der Waals surface area contributed by atoms with Crippen molar-refractivity contribution in [3.8, 4) is 17.0 Å². The third-order valence-corrected chi connectivity index (χ3v) is 7.13. The molecular weight excluding hydrogens is 398 g/mol. The maximum absolute atomic E-state index is 12.9. The lowest BCUT2D eigenvalue weighted by molar-refractivity contribution is 0.0694. The maximum Gasteiger partial charge on any atom is 0.341 e. The first-order valence-electron chi connectivity index (χ1n) is 9.59. The average molecular weight is 418 g/mol. The van der Waals surface area contributed by atoms with Crippen molar-refractivity contribution in [2.24, 2.45) is 5.92 Å². The first-order valence-corrected chi connectivity index (χ1v) is 11.0. The molecule has 2 fully saturated rings. The van der Waals surface area contributed by atoms with Gasteiger partial charge in [-0.1, -0.05) is 11.6 Å². The zero-order chi connectivity index (χ0) is 19.6. The molecule has 1 aliphatic heterocycles. The van der Waals surface area contributed by atoms with Crippen LogP contribution >= 0.6 is 23.4 Å². The van der Waals surface area contributed by atoms with E-state index in [1.54, 1.807) is 16.3 Å². The van der Waals surface area contributed by atoms with E-state index in [0.717, 1.165) is 34.6 Å². The molecule has 0 spiro atoms. The van der Waals surface area contributed by atoms with Gasteiger partial charge in [0.1, 0.15) is 11.3 Å². The van der Waals surface area contributed by atoms with Crippen molar-refractivity contribution in [2.75, 3.05) is 0 Å². The number of aromatic carboxylic acids is 1. The van der Waals surface area contributed by atoms with E-state index in [-0.39, 0.29) is 17.7 Å². The van der Waals surface area contributed by atoms with Gasteiger partial charge < -0.3 is 14.4 Å². The van der Waals surface area contributed by atoms with Crippen LogP contribution in [0.25, 0.3) is 11.3 Å². The Morgan fingerprint density at radius 1 is 1.29 bits per heavy atom. The summed E-state index contributed by atoms with van der Waals surface area (Å²) in [7, 11) is 0. The molecule has 5 rings (SSSR count). The van der Waals surface area contributed by atoms with Crippen LogP contribution in [0.5, 0.6) is 5.75 Å². The lowest BCUT2D eigenvalue weighted by Gasteiger charge is -2.25. The molecule has 1 N–H and O–H groups in total. The Morgan fingerprint density at radius 2 is 2.04 bits per heavy atom. The molecule has 146 valence electrons. The third-order valence-electron chi connectivity index (χ3n) is 5.73. The molecule has 7 heteroatoms. The Kier molecular flexibility index (Phi) is 4.25. The Bertz CT molecular complexity index is 1060. The molecule has 2 aliphatic carbocycles. The van der Waals surface area contributed by atoms with E-state index in [0.29, 0.717) is 22.4 Å².